The maximum Gasteiger partial charge on any atom is 0.338 e. The average Bonchev–Trinajstić information content (AvgIpc) is 2.64. The third-order valence-electron chi connectivity index (χ3n) is 3.18. The highest BCUT2D eigenvalue weighted by atomic mass is 35.5. The minimum Gasteiger partial charge on any atom is -1.00 e. The topological polar surface area (TPSA) is 94.4 Å². The molecule has 2 rings (SSSR count). The second-order valence-corrected chi connectivity index (χ2v) is 4.71. The van der Waals surface area contributed by atoms with E-state index in [1.807, 2.05) is 30.3 Å². The molecule has 0 saturated heterocycles. The van der Waals surface area contributed by atoms with Crippen LogP contribution >= 0.6 is 0 Å². The highest BCUT2D eigenvalue weighted by molar-refractivity contribution is 6.23. The number of carbonyl (C=O) groups excluding carboxylic acids is 3. The van der Waals surface area contributed by atoms with Crippen molar-refractivity contribution in [1.82, 2.24) is 10.5 Å². The van der Waals surface area contributed by atoms with Crippen LogP contribution in [0.2, 0.25) is 0 Å². The number of amides is 1. The number of hydrogen-bond acceptors (Lipinski definition) is 6. The Morgan fingerprint density at radius 2 is 1.80 bits per heavy atom. The predicted octanol–water partition coefficient (Wildman–Crippen LogP) is -2.72. The van der Waals surface area contributed by atoms with E-state index in [1.165, 1.54) is 7.05 Å². The van der Waals surface area contributed by atoms with Crippen LogP contribution in [0.3, 0.4) is 0 Å². The first-order valence-corrected chi connectivity index (χ1v) is 7.20. The minimum atomic E-state index is -0.799. The van der Waals surface area contributed by atoms with Crippen molar-refractivity contribution >= 4 is 30.0 Å². The van der Waals surface area contributed by atoms with Gasteiger partial charge in [0.2, 0.25) is 12.5 Å². The molecule has 0 saturated carbocycles. The molecule has 1 aromatic heterocycles. The molecule has 9 heteroatoms. The first kappa shape index (κ1) is 20.1. The van der Waals surface area contributed by atoms with Crippen LogP contribution in [0.5, 0.6) is 0 Å². The largest absolute Gasteiger partial charge is 1.00 e. The molecule has 0 aliphatic rings. The van der Waals surface area contributed by atoms with Crippen molar-refractivity contribution in [3.63, 3.8) is 0 Å². The molecule has 0 radical (unpaired) electrons. The van der Waals surface area contributed by atoms with Gasteiger partial charge in [0.15, 0.2) is 6.29 Å². The van der Waals surface area contributed by atoms with Crippen molar-refractivity contribution in [2.45, 2.75) is 6.17 Å². The van der Waals surface area contributed by atoms with Crippen LogP contribution < -0.4 is 33.1 Å². The lowest BCUT2D eigenvalue weighted by Crippen LogP contribution is -3.00. The number of para-hydroxylation sites is 1. The number of anilines is 2. The lowest BCUT2D eigenvalue weighted by molar-refractivity contribution is -0.688. The number of halogens is 1. The van der Waals surface area contributed by atoms with Gasteiger partial charge in [-0.15, -0.1) is 5.12 Å². The number of benzene rings is 1. The highest BCUT2D eigenvalue weighted by Crippen LogP contribution is 2.10. The Labute approximate surface area is 151 Å². The Balaban J connectivity index is 0.00000312. The van der Waals surface area contributed by atoms with E-state index in [0.29, 0.717) is 5.82 Å². The molecule has 25 heavy (non-hydrogen) atoms. The molecule has 1 atom stereocenters. The first-order chi connectivity index (χ1) is 11.7. The zero-order valence-corrected chi connectivity index (χ0v) is 14.2. The number of aldehydes is 2. The normalized spacial score (nSPS) is 10.8. The van der Waals surface area contributed by atoms with Crippen molar-refractivity contribution in [3.8, 4) is 0 Å². The van der Waals surface area contributed by atoms with Crippen molar-refractivity contribution in [3.05, 3.63) is 54.7 Å². The summed E-state index contributed by atoms with van der Waals surface area (Å²) >= 11 is 0. The quantitative estimate of drug-likeness (QED) is 0.204. The van der Waals surface area contributed by atoms with Crippen LogP contribution in [0.15, 0.2) is 54.7 Å². The molecule has 1 heterocycles. The van der Waals surface area contributed by atoms with Gasteiger partial charge in [-0.1, -0.05) is 24.3 Å². The van der Waals surface area contributed by atoms with Gasteiger partial charge in [0, 0.05) is 18.8 Å². The van der Waals surface area contributed by atoms with Gasteiger partial charge < -0.3 is 17.7 Å². The zero-order chi connectivity index (χ0) is 17.4. The maximum absolute atomic E-state index is 11.5. The second kappa shape index (κ2) is 10.0. The predicted molar refractivity (Wildman–Crippen MR) is 87.4 cm³/mol. The van der Waals surface area contributed by atoms with Crippen molar-refractivity contribution in [2.24, 2.45) is 0 Å². The Hall–Kier alpha value is -2.97. The summed E-state index contributed by atoms with van der Waals surface area (Å²) in [5, 5.41) is 4.00. The number of carbonyl (C=O) groups is 3. The molecule has 0 fully saturated rings. The number of nitrogens with one attached hydrogen (secondary N) is 3. The van der Waals surface area contributed by atoms with E-state index < -0.39 is 12.1 Å². The second-order valence-electron chi connectivity index (χ2n) is 4.71. The lowest BCUT2D eigenvalue weighted by atomic mass is 10.3. The Bertz CT molecular complexity index is 714. The molecule has 8 nitrogen and oxygen atoms in total. The molecule has 0 aliphatic carbocycles. The van der Waals surface area contributed by atoms with E-state index in [2.05, 4.69) is 16.2 Å². The van der Waals surface area contributed by atoms with Gasteiger partial charge in [0.25, 0.3) is 0 Å². The van der Waals surface area contributed by atoms with E-state index in [-0.39, 0.29) is 18.7 Å². The lowest BCUT2D eigenvalue weighted by Gasteiger charge is -2.19. The van der Waals surface area contributed by atoms with E-state index in [4.69, 9.17) is 0 Å². The maximum atomic E-state index is 11.5. The van der Waals surface area contributed by atoms with Crippen LogP contribution in [0.25, 0.3) is 0 Å². The van der Waals surface area contributed by atoms with Crippen LogP contribution in [0.4, 0.5) is 11.5 Å². The number of rotatable bonds is 8. The van der Waals surface area contributed by atoms with Gasteiger partial charge in [-0.3, -0.25) is 14.4 Å². The van der Waals surface area contributed by atoms with Gasteiger partial charge in [0.1, 0.15) is 0 Å². The Kier molecular flexibility index (Phi) is 8.04. The van der Waals surface area contributed by atoms with Crippen LogP contribution in [0, 0.1) is 0 Å². The van der Waals surface area contributed by atoms with E-state index in [9.17, 15) is 14.4 Å². The molecule has 132 valence electrons. The van der Waals surface area contributed by atoms with Crippen molar-refractivity contribution < 1.29 is 31.4 Å². The van der Waals surface area contributed by atoms with Crippen molar-refractivity contribution in [2.75, 3.05) is 17.8 Å². The monoisotopic (exact) mass is 363 g/mol. The fourth-order valence-corrected chi connectivity index (χ4v) is 2.06. The third-order valence-corrected chi connectivity index (χ3v) is 3.18. The molecule has 0 bridgehead atoms. The van der Waals surface area contributed by atoms with Crippen LogP contribution in [-0.4, -0.2) is 30.6 Å². The highest BCUT2D eigenvalue weighted by Gasteiger charge is 2.23. The Morgan fingerprint density at radius 1 is 1.12 bits per heavy atom. The fourth-order valence-electron chi connectivity index (χ4n) is 2.06. The van der Waals surface area contributed by atoms with Gasteiger partial charge in [-0.2, -0.15) is 10.9 Å². The summed E-state index contributed by atoms with van der Waals surface area (Å²) in [7, 11) is 1.49. The SMILES string of the molecule is CNN(Nc1cccc[n+]1C(C=O)Nc1ccccc1)C(=O)C=O.[Cl-]. The molecule has 1 unspecified atom stereocenters. The molecule has 0 aliphatic heterocycles. The molecule has 0 spiro atoms. The number of nitrogens with zero attached hydrogens (tertiary/aromatic N) is 2. The number of hydrogen-bond donors (Lipinski definition) is 3. The summed E-state index contributed by atoms with van der Waals surface area (Å²) in [5.74, 6) is -0.367. The van der Waals surface area contributed by atoms with Crippen molar-refractivity contribution in [1.29, 1.82) is 0 Å². The number of aromatic nitrogens is 1. The van der Waals surface area contributed by atoms with Gasteiger partial charge >= 0.3 is 11.7 Å². The minimum absolute atomic E-state index is 0. The summed E-state index contributed by atoms with van der Waals surface area (Å²) < 4.78 is 1.60. The molecular formula is C16H18ClN5O3. The summed E-state index contributed by atoms with van der Waals surface area (Å²) in [6, 6.07) is 14.4. The van der Waals surface area contributed by atoms with Gasteiger partial charge in [-0.25, -0.2) is 4.57 Å². The molecule has 1 aromatic carbocycles. The standard InChI is InChI=1S/C16H17N5O3.ClH/c1-17-21(16(24)12-23)19-14-9-5-6-10-20(14)15(11-22)18-13-7-3-2-4-8-13;/h2-12,15,17-18H,1H3;1H. The van der Waals surface area contributed by atoms with E-state index >= 15 is 0 Å². The van der Waals surface area contributed by atoms with Gasteiger partial charge in [-0.05, 0) is 18.2 Å². The van der Waals surface area contributed by atoms with E-state index in [0.717, 1.165) is 17.1 Å². The molecular weight excluding hydrogens is 346 g/mol. The summed E-state index contributed by atoms with van der Waals surface area (Å²) in [6.45, 7) is 0. The zero-order valence-electron chi connectivity index (χ0n) is 13.4. The average molecular weight is 364 g/mol. The van der Waals surface area contributed by atoms with Gasteiger partial charge in [0.05, 0.1) is 6.20 Å². The fraction of sp³-hybridized carbons (Fsp3) is 0.125. The van der Waals surface area contributed by atoms with Crippen LogP contribution in [0.1, 0.15) is 6.17 Å². The molecule has 2 aromatic rings. The summed E-state index contributed by atoms with van der Waals surface area (Å²) in [5.41, 5.74) is 6.08. The summed E-state index contributed by atoms with van der Waals surface area (Å²) in [4.78, 5) is 33.7. The summed E-state index contributed by atoms with van der Waals surface area (Å²) in [6.07, 6.45) is 1.89. The molecule has 3 N–H and O–H groups in total. The Morgan fingerprint density at radius 3 is 2.40 bits per heavy atom. The first-order valence-electron chi connectivity index (χ1n) is 7.20. The van der Waals surface area contributed by atoms with E-state index in [1.54, 1.807) is 29.0 Å². The van der Waals surface area contributed by atoms with Crippen LogP contribution in [-0.2, 0) is 14.4 Å². The smallest absolute Gasteiger partial charge is 0.338 e. The number of pyridine rings is 1. The third kappa shape index (κ3) is 5.27. The number of hydrazine groups is 2. The molecule has 1 amide bonds.